The van der Waals surface area contributed by atoms with Crippen LogP contribution in [0.3, 0.4) is 0 Å². The summed E-state index contributed by atoms with van der Waals surface area (Å²) in [4.78, 5) is 24.2. The van der Waals surface area contributed by atoms with Crippen LogP contribution in [0.1, 0.15) is 27.8 Å². The van der Waals surface area contributed by atoms with Gasteiger partial charge in [-0.05, 0) is 43.5 Å². The van der Waals surface area contributed by atoms with Crippen molar-refractivity contribution in [3.63, 3.8) is 0 Å². The Morgan fingerprint density at radius 2 is 1.75 bits per heavy atom. The molecule has 0 radical (unpaired) electrons. The Morgan fingerprint density at radius 3 is 2.39 bits per heavy atom. The molecule has 2 aromatic carbocycles. The number of phenols is 1. The van der Waals surface area contributed by atoms with Crippen molar-refractivity contribution < 1.29 is 23.8 Å². The van der Waals surface area contributed by atoms with E-state index in [0.29, 0.717) is 10.9 Å². The van der Waals surface area contributed by atoms with Gasteiger partial charge in [0.1, 0.15) is 12.2 Å². The number of aromatic hydroxyl groups is 1. The predicted octanol–water partition coefficient (Wildman–Crippen LogP) is 3.72. The quantitative estimate of drug-likeness (QED) is 0.535. The number of hydrogen-bond donors (Lipinski definition) is 1. The van der Waals surface area contributed by atoms with Gasteiger partial charge in [0, 0.05) is 23.1 Å². The number of carbonyl (C=O) groups excluding carboxylic acids is 1. The minimum Gasteiger partial charge on any atom is -0.504 e. The molecule has 0 fully saturated rings. The maximum atomic E-state index is 12.4. The molecule has 0 aliphatic carbocycles. The van der Waals surface area contributed by atoms with Crippen LogP contribution in [0.15, 0.2) is 39.5 Å². The second-order valence-electron chi connectivity index (χ2n) is 6.83. The van der Waals surface area contributed by atoms with Crippen molar-refractivity contribution in [1.29, 1.82) is 0 Å². The second kappa shape index (κ2) is 7.76. The molecule has 146 valence electrons. The molecular weight excluding hydrogens is 360 g/mol. The number of esters is 1. The van der Waals surface area contributed by atoms with Crippen LogP contribution in [0, 0.1) is 20.8 Å². The van der Waals surface area contributed by atoms with E-state index in [2.05, 4.69) is 0 Å². The smallest absolute Gasteiger partial charge is 0.336 e. The Balaban J connectivity index is 1.83. The van der Waals surface area contributed by atoms with Crippen molar-refractivity contribution in [3.8, 4) is 11.5 Å². The van der Waals surface area contributed by atoms with Gasteiger partial charge >= 0.3 is 11.6 Å². The lowest BCUT2D eigenvalue weighted by atomic mass is 9.97. The van der Waals surface area contributed by atoms with E-state index < -0.39 is 5.63 Å². The molecule has 0 saturated carbocycles. The fraction of sp³-hybridized carbons (Fsp3) is 0.273. The van der Waals surface area contributed by atoms with Gasteiger partial charge in [-0.25, -0.2) is 4.79 Å². The first-order chi connectivity index (χ1) is 13.3. The highest BCUT2D eigenvalue weighted by molar-refractivity contribution is 5.84. The van der Waals surface area contributed by atoms with E-state index in [9.17, 15) is 14.7 Å². The third-order valence-corrected chi connectivity index (χ3v) is 4.68. The van der Waals surface area contributed by atoms with Crippen LogP contribution in [-0.4, -0.2) is 18.2 Å². The van der Waals surface area contributed by atoms with Gasteiger partial charge in [0.2, 0.25) is 0 Å². The summed E-state index contributed by atoms with van der Waals surface area (Å²) in [5.74, 6) is -0.292. The number of hydrogen-bond acceptors (Lipinski definition) is 6. The number of benzene rings is 2. The Hall–Kier alpha value is -3.28. The zero-order valence-electron chi connectivity index (χ0n) is 16.3. The molecule has 0 bridgehead atoms. The molecule has 0 spiro atoms. The minimum atomic E-state index is -0.590. The van der Waals surface area contributed by atoms with Crippen LogP contribution < -0.4 is 10.4 Å². The zero-order chi connectivity index (χ0) is 20.4. The van der Waals surface area contributed by atoms with Gasteiger partial charge in [-0.3, -0.25) is 4.79 Å². The number of methoxy groups -OCH3 is 1. The third-order valence-electron chi connectivity index (χ3n) is 4.68. The van der Waals surface area contributed by atoms with E-state index in [4.69, 9.17) is 13.9 Å². The molecule has 0 saturated heterocycles. The largest absolute Gasteiger partial charge is 0.504 e. The fourth-order valence-electron chi connectivity index (χ4n) is 3.37. The molecule has 6 heteroatoms. The van der Waals surface area contributed by atoms with Crippen LogP contribution in [0.25, 0.3) is 11.0 Å². The summed E-state index contributed by atoms with van der Waals surface area (Å²) in [5, 5.41) is 10.4. The van der Waals surface area contributed by atoms with Crippen LogP contribution in [0.4, 0.5) is 0 Å². The van der Waals surface area contributed by atoms with E-state index in [0.717, 1.165) is 22.3 Å². The molecule has 0 aliphatic rings. The summed E-state index contributed by atoms with van der Waals surface area (Å²) < 4.78 is 15.6. The average molecular weight is 382 g/mol. The molecule has 28 heavy (non-hydrogen) atoms. The average Bonchev–Trinajstić information content (AvgIpc) is 2.62. The molecule has 0 amide bonds. The van der Waals surface area contributed by atoms with Gasteiger partial charge in [-0.1, -0.05) is 17.7 Å². The Morgan fingerprint density at radius 1 is 1.07 bits per heavy atom. The summed E-state index contributed by atoms with van der Waals surface area (Å²) >= 11 is 0. The summed E-state index contributed by atoms with van der Waals surface area (Å²) in [6.07, 6.45) is 0.154. The predicted molar refractivity (Wildman–Crippen MR) is 105 cm³/mol. The number of fused-ring (bicyclic) bond motifs is 1. The Bertz CT molecular complexity index is 1090. The van der Waals surface area contributed by atoms with Gasteiger partial charge in [0.25, 0.3) is 0 Å². The molecule has 6 nitrogen and oxygen atoms in total. The molecule has 0 atom stereocenters. The highest BCUT2D eigenvalue weighted by Gasteiger charge is 2.14. The summed E-state index contributed by atoms with van der Waals surface area (Å²) in [6.45, 7) is 5.87. The third kappa shape index (κ3) is 4.01. The first kappa shape index (κ1) is 19.5. The fourth-order valence-corrected chi connectivity index (χ4v) is 3.37. The highest BCUT2D eigenvalue weighted by atomic mass is 16.5. The van der Waals surface area contributed by atoms with Crippen LogP contribution in [0.5, 0.6) is 11.5 Å². The summed E-state index contributed by atoms with van der Waals surface area (Å²) in [6, 6.07) is 8.19. The molecule has 1 heterocycles. The van der Waals surface area contributed by atoms with Crippen LogP contribution in [-0.2, 0) is 22.6 Å². The van der Waals surface area contributed by atoms with E-state index in [1.165, 1.54) is 19.2 Å². The lowest BCUT2D eigenvalue weighted by Gasteiger charge is -2.12. The maximum Gasteiger partial charge on any atom is 0.336 e. The first-order valence-electron chi connectivity index (χ1n) is 8.84. The molecule has 0 unspecified atom stereocenters. The Labute approximate surface area is 162 Å². The van der Waals surface area contributed by atoms with Crippen LogP contribution >= 0.6 is 0 Å². The zero-order valence-corrected chi connectivity index (χ0v) is 16.3. The normalized spacial score (nSPS) is 10.9. The van der Waals surface area contributed by atoms with Gasteiger partial charge in [0.05, 0.1) is 13.5 Å². The topological polar surface area (TPSA) is 86.0 Å². The van der Waals surface area contributed by atoms with E-state index in [1.807, 2.05) is 32.9 Å². The SMILES string of the molecule is COc1cc2c(COC(=O)Cc3c(C)cc(C)cc3C)cc(=O)oc2cc1O. The number of carbonyl (C=O) groups is 1. The van der Waals surface area contributed by atoms with Gasteiger partial charge in [0.15, 0.2) is 11.5 Å². The number of rotatable bonds is 5. The van der Waals surface area contributed by atoms with Gasteiger partial charge in [-0.15, -0.1) is 0 Å². The van der Waals surface area contributed by atoms with Crippen molar-refractivity contribution in [3.05, 3.63) is 68.6 Å². The monoisotopic (exact) mass is 382 g/mol. The Kier molecular flexibility index (Phi) is 5.40. The highest BCUT2D eigenvalue weighted by Crippen LogP contribution is 2.32. The number of aryl methyl sites for hydroxylation is 3. The van der Waals surface area contributed by atoms with Crippen molar-refractivity contribution in [1.82, 2.24) is 0 Å². The van der Waals surface area contributed by atoms with Crippen molar-refractivity contribution in [2.24, 2.45) is 0 Å². The maximum absolute atomic E-state index is 12.4. The van der Waals surface area contributed by atoms with Crippen LogP contribution in [0.2, 0.25) is 0 Å². The van der Waals surface area contributed by atoms with Gasteiger partial charge in [-0.2, -0.15) is 0 Å². The number of phenolic OH excluding ortho intramolecular Hbond substituents is 1. The summed E-state index contributed by atoms with van der Waals surface area (Å²) in [7, 11) is 1.42. The van der Waals surface area contributed by atoms with E-state index in [-0.39, 0.29) is 36.1 Å². The molecular formula is C22H22O6. The number of ether oxygens (including phenoxy) is 2. The lowest BCUT2D eigenvalue weighted by Crippen LogP contribution is -2.11. The first-order valence-corrected chi connectivity index (χ1v) is 8.84. The molecule has 1 aromatic heterocycles. The molecule has 3 aromatic rings. The standard InChI is InChI=1S/C22H22O6/c1-12-5-13(2)16(14(3)6-12)9-21(24)27-11-15-7-22(25)28-19-10-18(23)20(26-4)8-17(15)19/h5-8,10,23H,9,11H2,1-4H3. The lowest BCUT2D eigenvalue weighted by molar-refractivity contribution is -0.144. The van der Waals surface area contributed by atoms with E-state index in [1.54, 1.807) is 6.07 Å². The van der Waals surface area contributed by atoms with E-state index >= 15 is 0 Å². The summed E-state index contributed by atoms with van der Waals surface area (Å²) in [5.41, 5.74) is 4.26. The van der Waals surface area contributed by atoms with Gasteiger partial charge < -0.3 is 19.0 Å². The van der Waals surface area contributed by atoms with Crippen molar-refractivity contribution in [2.45, 2.75) is 33.8 Å². The molecule has 1 N–H and O–H groups in total. The van der Waals surface area contributed by atoms with Crippen molar-refractivity contribution in [2.75, 3.05) is 7.11 Å². The van der Waals surface area contributed by atoms with Crippen molar-refractivity contribution >= 4 is 16.9 Å². The molecule has 0 aliphatic heterocycles. The molecule has 3 rings (SSSR count). The second-order valence-corrected chi connectivity index (χ2v) is 6.83. The minimum absolute atomic E-state index is 0.0845.